The number of hydrogen-bond acceptors (Lipinski definition) is 1. The van der Waals surface area contributed by atoms with Crippen molar-refractivity contribution >= 4 is 27.6 Å². The summed E-state index contributed by atoms with van der Waals surface area (Å²) in [6, 6.07) is 16.2. The highest BCUT2D eigenvalue weighted by Crippen LogP contribution is 2.44. The number of furan rings is 1. The van der Waals surface area contributed by atoms with Crippen LogP contribution in [-0.2, 0) is 7.05 Å². The van der Waals surface area contributed by atoms with Crippen LogP contribution in [0.5, 0.6) is 0 Å². The lowest BCUT2D eigenvalue weighted by atomic mass is 9.93. The summed E-state index contributed by atoms with van der Waals surface area (Å²) in [5, 5.41) is 1.75. The van der Waals surface area contributed by atoms with Crippen molar-refractivity contribution < 1.29 is 15.8 Å². The predicted molar refractivity (Wildman–Crippen MR) is 154 cm³/mol. The maximum Gasteiger partial charge on any atom is 0.216 e. The molecular weight excluding hydrogens is 452 g/mol. The fourth-order valence-corrected chi connectivity index (χ4v) is 5.41. The zero-order valence-corrected chi connectivity index (χ0v) is 22.5. The molecule has 2 aromatic heterocycles. The van der Waals surface area contributed by atoms with E-state index in [1.54, 1.807) is 20.9 Å². The van der Waals surface area contributed by atoms with E-state index >= 15 is 0 Å². The van der Waals surface area contributed by atoms with Crippen molar-refractivity contribution in [2.24, 2.45) is 7.05 Å². The number of pyridine rings is 1. The van der Waals surface area contributed by atoms with E-state index in [1.807, 2.05) is 47.9 Å². The molecule has 0 saturated carbocycles. The van der Waals surface area contributed by atoms with Gasteiger partial charge in [-0.15, -0.1) is 0 Å². The van der Waals surface area contributed by atoms with E-state index in [2.05, 4.69) is 30.8 Å². The van der Waals surface area contributed by atoms with Crippen molar-refractivity contribution in [3.63, 3.8) is 0 Å². The minimum absolute atomic E-state index is 0.156. The molecule has 3 aromatic carbocycles. The van der Waals surface area contributed by atoms with Gasteiger partial charge in [0.2, 0.25) is 5.69 Å². The molecule has 0 fully saturated rings. The zero-order chi connectivity index (χ0) is 30.9. The normalized spacial score (nSPS) is 15.6. The van der Waals surface area contributed by atoms with Gasteiger partial charge in [0.05, 0.1) is 13.5 Å². The van der Waals surface area contributed by atoms with Gasteiger partial charge in [0.15, 0.2) is 11.4 Å². The van der Waals surface area contributed by atoms with Crippen LogP contribution in [0.4, 0.5) is 5.69 Å². The van der Waals surface area contributed by atoms with E-state index in [0.717, 1.165) is 33.0 Å². The second-order valence-electron chi connectivity index (χ2n) is 10.2. The Labute approximate surface area is 227 Å². The third-order valence-corrected chi connectivity index (χ3v) is 7.48. The first-order valence-electron chi connectivity index (χ1n) is 15.1. The first-order valence-corrected chi connectivity index (χ1v) is 12.6. The second-order valence-corrected chi connectivity index (χ2v) is 10.2. The van der Waals surface area contributed by atoms with Gasteiger partial charge in [-0.2, -0.15) is 4.57 Å². The number of benzene rings is 3. The summed E-state index contributed by atoms with van der Waals surface area (Å²) in [5.41, 5.74) is 8.19. The van der Waals surface area contributed by atoms with Crippen LogP contribution in [0.25, 0.3) is 49.2 Å². The van der Waals surface area contributed by atoms with Gasteiger partial charge in [0.25, 0.3) is 0 Å². The monoisotopic (exact) mass is 492 g/mol. The molecule has 3 heteroatoms. The van der Waals surface area contributed by atoms with Gasteiger partial charge in [-0.1, -0.05) is 76.2 Å². The molecule has 0 radical (unpaired) electrons. The molecule has 0 aliphatic carbocycles. The Kier molecular flexibility index (Phi) is 4.78. The van der Waals surface area contributed by atoms with Crippen LogP contribution < -0.4 is 4.57 Å². The zero-order valence-electron chi connectivity index (χ0n) is 27.5. The molecule has 0 bridgehead atoms. The first kappa shape index (κ1) is 19.2. The Morgan fingerprint density at radius 2 is 1.57 bits per heavy atom. The standard InChI is InChI=1S/C34H35N2O/c1-19(2)24-11-13-25(14-12-24)32-28(35-8)17-16-27-26-15-10-21(5)31(33(26)37-34(27)32)29-18-22(6)30(20(3)4)23(7)36(29)9/h10-20H,1-7,9H3/q+1/i3D3,18D,20D. The molecule has 0 spiro atoms. The number of nitrogens with zero attached hydrogens (tertiary/aromatic N) is 2. The Hall–Kier alpha value is -3.90. The van der Waals surface area contributed by atoms with E-state index in [4.69, 9.17) is 16.5 Å². The Morgan fingerprint density at radius 1 is 0.919 bits per heavy atom. The molecule has 1 atom stereocenters. The Morgan fingerprint density at radius 3 is 2.19 bits per heavy atom. The highest BCUT2D eigenvalue weighted by molar-refractivity contribution is 6.15. The fraction of sp³-hybridized carbons (Fsp3) is 0.294. The van der Waals surface area contributed by atoms with Crippen molar-refractivity contribution in [2.45, 2.75) is 60.2 Å². The average molecular weight is 493 g/mol. The lowest BCUT2D eigenvalue weighted by Crippen LogP contribution is -2.37. The Balaban J connectivity index is 1.86. The van der Waals surface area contributed by atoms with Crippen LogP contribution in [0, 0.1) is 27.3 Å². The van der Waals surface area contributed by atoms with Gasteiger partial charge in [-0.3, -0.25) is 0 Å². The molecule has 2 heterocycles. The van der Waals surface area contributed by atoms with Crippen molar-refractivity contribution in [3.05, 3.63) is 93.9 Å². The average Bonchev–Trinajstić information content (AvgIpc) is 3.30. The van der Waals surface area contributed by atoms with Gasteiger partial charge in [0.1, 0.15) is 18.2 Å². The van der Waals surface area contributed by atoms with Crippen LogP contribution in [0.3, 0.4) is 0 Å². The molecule has 186 valence electrons. The molecule has 0 N–H and O–H groups in total. The lowest BCUT2D eigenvalue weighted by Gasteiger charge is -2.15. The second kappa shape index (κ2) is 9.20. The maximum absolute atomic E-state index is 9.23. The predicted octanol–water partition coefficient (Wildman–Crippen LogP) is 9.47. The molecule has 0 aliphatic rings. The van der Waals surface area contributed by atoms with Gasteiger partial charge < -0.3 is 4.42 Å². The van der Waals surface area contributed by atoms with E-state index in [0.29, 0.717) is 45.3 Å². The number of fused-ring (bicyclic) bond motifs is 3. The lowest BCUT2D eigenvalue weighted by molar-refractivity contribution is -0.667. The maximum atomic E-state index is 9.23. The number of rotatable bonds is 4. The summed E-state index contributed by atoms with van der Waals surface area (Å²) >= 11 is 0. The highest BCUT2D eigenvalue weighted by Gasteiger charge is 2.26. The first-order chi connectivity index (χ1) is 19.6. The van der Waals surface area contributed by atoms with Crippen LogP contribution in [0.1, 0.15) is 74.2 Å². The molecule has 37 heavy (non-hydrogen) atoms. The topological polar surface area (TPSA) is 21.4 Å². The smallest absolute Gasteiger partial charge is 0.216 e. The summed E-state index contributed by atoms with van der Waals surface area (Å²) in [6.07, 6.45) is 0. The van der Waals surface area contributed by atoms with Crippen LogP contribution in [0.2, 0.25) is 0 Å². The van der Waals surface area contributed by atoms with Gasteiger partial charge in [-0.05, 0) is 47.9 Å². The third kappa shape index (κ3) is 3.92. The summed E-state index contributed by atoms with van der Waals surface area (Å²) in [5.74, 6) is -1.50. The molecule has 3 nitrogen and oxygen atoms in total. The van der Waals surface area contributed by atoms with Crippen LogP contribution in [0.15, 0.2) is 59.0 Å². The highest BCUT2D eigenvalue weighted by atomic mass is 16.3. The molecular formula is C34H35N2O+. The third-order valence-electron chi connectivity index (χ3n) is 7.48. The minimum atomic E-state index is -2.57. The largest absolute Gasteiger partial charge is 0.456 e. The summed E-state index contributed by atoms with van der Waals surface area (Å²) in [6.45, 7) is 16.5. The van der Waals surface area contributed by atoms with Gasteiger partial charge in [-0.25, -0.2) is 4.85 Å². The van der Waals surface area contributed by atoms with Crippen LogP contribution in [-0.4, -0.2) is 0 Å². The summed E-state index contributed by atoms with van der Waals surface area (Å²) < 4.78 is 50.6. The van der Waals surface area contributed by atoms with E-state index < -0.39 is 12.7 Å². The van der Waals surface area contributed by atoms with Crippen molar-refractivity contribution in [1.29, 1.82) is 0 Å². The number of hydrogen-bond donors (Lipinski definition) is 0. The summed E-state index contributed by atoms with van der Waals surface area (Å²) in [7, 11) is 1.81. The number of aryl methyl sites for hydroxylation is 1. The molecule has 0 amide bonds. The van der Waals surface area contributed by atoms with Crippen molar-refractivity contribution in [1.82, 2.24) is 0 Å². The molecule has 5 rings (SSSR count). The van der Waals surface area contributed by atoms with Gasteiger partial charge >= 0.3 is 0 Å². The quantitative estimate of drug-likeness (QED) is 0.181. The molecule has 0 saturated heterocycles. The van der Waals surface area contributed by atoms with Crippen molar-refractivity contribution in [2.75, 3.05) is 0 Å². The number of aromatic nitrogens is 1. The molecule has 0 aliphatic heterocycles. The van der Waals surface area contributed by atoms with E-state index in [9.17, 15) is 1.37 Å². The van der Waals surface area contributed by atoms with Crippen molar-refractivity contribution in [3.8, 4) is 22.4 Å². The SMILES string of the molecule is [2H]c1c(C)c(C([2H])(C)C([2H])([2H])[2H])c(C)[n+](C)c1-c1c(C)ccc2c1oc1c(-c3ccc(C(C)C)cc3)c([N+]#[C-])ccc12. The van der Waals surface area contributed by atoms with Gasteiger partial charge in [0, 0.05) is 40.3 Å². The Bertz CT molecular complexity index is 1890. The molecule has 5 aromatic rings. The molecule has 1 unspecified atom stereocenters. The van der Waals surface area contributed by atoms with E-state index in [1.165, 1.54) is 12.5 Å². The fourth-order valence-electron chi connectivity index (χ4n) is 5.41. The summed E-state index contributed by atoms with van der Waals surface area (Å²) in [4.78, 5) is 3.82. The van der Waals surface area contributed by atoms with E-state index in [-0.39, 0.29) is 6.04 Å². The minimum Gasteiger partial charge on any atom is -0.456 e. The van der Waals surface area contributed by atoms with Crippen LogP contribution >= 0.6 is 0 Å².